The molecule has 0 unspecified atom stereocenters. The molecule has 9 aromatic carbocycles. The lowest BCUT2D eigenvalue weighted by atomic mass is 9.31. The van der Waals surface area contributed by atoms with Gasteiger partial charge in [-0.1, -0.05) is 127 Å². The van der Waals surface area contributed by atoms with Crippen molar-refractivity contribution < 1.29 is 14.2 Å². The summed E-state index contributed by atoms with van der Waals surface area (Å²) in [5.41, 5.74) is 13.3. The Morgan fingerprint density at radius 2 is 0.689 bits per heavy atom. The Morgan fingerprint density at radius 3 is 1.23 bits per heavy atom. The van der Waals surface area contributed by atoms with Gasteiger partial charge in [-0.2, -0.15) is 0 Å². The van der Waals surface area contributed by atoms with Gasteiger partial charge in [0, 0.05) is 43.8 Å². The Labute approximate surface area is 351 Å². The van der Waals surface area contributed by atoms with Crippen LogP contribution in [-0.4, -0.2) is 22.6 Å². The highest BCUT2D eigenvalue weighted by Gasteiger charge is 2.46. The Hall–Kier alpha value is -7.89. The normalized spacial score (nSPS) is 13.2. The van der Waals surface area contributed by atoms with Gasteiger partial charge in [-0.25, -0.2) is 0 Å². The first kappa shape index (κ1) is 33.0. The van der Waals surface area contributed by atoms with E-state index in [4.69, 9.17) is 14.2 Å². The number of aromatic nitrogens is 2. The van der Waals surface area contributed by atoms with Crippen LogP contribution in [0.5, 0.6) is 34.5 Å². The molecule has 0 bridgehead atoms. The lowest BCUT2D eigenvalue weighted by molar-refractivity contribution is 0.459. The van der Waals surface area contributed by atoms with Crippen molar-refractivity contribution in [2.45, 2.75) is 0 Å². The summed E-state index contributed by atoms with van der Waals surface area (Å²) in [6.45, 7) is -0.409. The molecule has 11 aromatic rings. The van der Waals surface area contributed by atoms with E-state index >= 15 is 0 Å². The van der Waals surface area contributed by atoms with Crippen molar-refractivity contribution in [3.05, 3.63) is 194 Å². The highest BCUT2D eigenvalue weighted by Crippen LogP contribution is 2.39. The van der Waals surface area contributed by atoms with Crippen LogP contribution < -0.4 is 47.0 Å². The van der Waals surface area contributed by atoms with E-state index in [1.54, 1.807) is 0 Å². The van der Waals surface area contributed by atoms with Gasteiger partial charge < -0.3 is 23.3 Å². The van der Waals surface area contributed by atoms with Gasteiger partial charge in [-0.05, 0) is 88.6 Å². The monoisotopic (exact) mass is 778 g/mol. The second-order valence-electron chi connectivity index (χ2n) is 16.3. The summed E-state index contributed by atoms with van der Waals surface area (Å²) in [6.07, 6.45) is 0. The van der Waals surface area contributed by atoms with Crippen LogP contribution in [0.3, 0.4) is 0 Å². The molecule has 61 heavy (non-hydrogen) atoms. The minimum Gasteiger partial charge on any atom is -0.459 e. The molecule has 0 amide bonds. The van der Waals surface area contributed by atoms with Crippen LogP contribution in [0.4, 0.5) is 0 Å². The second-order valence-corrected chi connectivity index (χ2v) is 16.3. The van der Waals surface area contributed by atoms with Crippen LogP contribution >= 0.6 is 0 Å². The molecule has 0 saturated carbocycles. The average molecular weight is 778 g/mol. The quantitative estimate of drug-likeness (QED) is 0.168. The van der Waals surface area contributed by atoms with Crippen molar-refractivity contribution in [2.75, 3.05) is 0 Å². The molecule has 0 saturated heterocycles. The largest absolute Gasteiger partial charge is 0.459 e. The lowest BCUT2D eigenvalue weighted by Crippen LogP contribution is -2.62. The molecule has 7 heteroatoms. The van der Waals surface area contributed by atoms with Crippen LogP contribution in [0.15, 0.2) is 194 Å². The first-order valence-electron chi connectivity index (χ1n) is 20.9. The molecule has 5 heterocycles. The minimum atomic E-state index is -0.319. The molecule has 2 aromatic heterocycles. The molecule has 282 valence electrons. The van der Waals surface area contributed by atoms with Gasteiger partial charge in [-0.3, -0.25) is 0 Å². The molecule has 0 aliphatic carbocycles. The number of para-hydroxylation sites is 6. The molecular formula is C54H32B2N2O3. The molecular weight excluding hydrogens is 746 g/mol. The molecule has 0 radical (unpaired) electrons. The summed E-state index contributed by atoms with van der Waals surface area (Å²) in [5, 5.41) is 4.85. The van der Waals surface area contributed by atoms with E-state index in [0.29, 0.717) is 0 Å². The van der Waals surface area contributed by atoms with Crippen molar-refractivity contribution in [1.82, 2.24) is 9.13 Å². The molecule has 0 spiro atoms. The molecule has 0 fully saturated rings. The lowest BCUT2D eigenvalue weighted by Gasteiger charge is -2.37. The summed E-state index contributed by atoms with van der Waals surface area (Å²) in [4.78, 5) is 0. The Balaban J connectivity index is 1.15. The van der Waals surface area contributed by atoms with Crippen LogP contribution in [0.1, 0.15) is 0 Å². The maximum absolute atomic E-state index is 7.27. The second kappa shape index (κ2) is 12.3. The van der Waals surface area contributed by atoms with E-state index in [1.165, 1.54) is 21.5 Å². The van der Waals surface area contributed by atoms with E-state index in [0.717, 1.165) is 101 Å². The zero-order valence-electron chi connectivity index (χ0n) is 32.7. The standard InChI is InChI=1S/C54H32B2N2O3/c1-7-21-40-33(15-1)34-16-2-8-22-41(34)57(40)44-25-13-26-45(58-42-23-9-3-17-35(42)36-18-4-10-24-43(36)58)51(44)56-38-20-6-12-28-47(38)60-50-32-31-39-54(53(50)56)61-49-30-14-29-48-52(49)55(39)37-19-5-11-27-46(37)59-48/h1-32H. The molecule has 5 nitrogen and oxygen atoms in total. The highest BCUT2D eigenvalue weighted by molar-refractivity contribution is 7.01. The van der Waals surface area contributed by atoms with Gasteiger partial charge >= 0.3 is 0 Å². The third-order valence-electron chi connectivity index (χ3n) is 13.2. The van der Waals surface area contributed by atoms with E-state index in [1.807, 2.05) is 12.1 Å². The maximum atomic E-state index is 7.27. The maximum Gasteiger partial charge on any atom is 0.261 e. The van der Waals surface area contributed by atoms with Crippen molar-refractivity contribution in [3.63, 3.8) is 0 Å². The van der Waals surface area contributed by atoms with E-state index in [2.05, 4.69) is 191 Å². The van der Waals surface area contributed by atoms with Gasteiger partial charge in [0.2, 0.25) is 0 Å². The molecule has 0 atom stereocenters. The molecule has 3 aliphatic heterocycles. The minimum absolute atomic E-state index is 0.0904. The van der Waals surface area contributed by atoms with Crippen molar-refractivity contribution in [1.29, 1.82) is 0 Å². The van der Waals surface area contributed by atoms with Crippen molar-refractivity contribution in [2.24, 2.45) is 0 Å². The molecule has 3 aliphatic rings. The van der Waals surface area contributed by atoms with Crippen molar-refractivity contribution in [3.8, 4) is 45.9 Å². The van der Waals surface area contributed by atoms with E-state index < -0.39 is 0 Å². The Bertz CT molecular complexity index is 3440. The zero-order chi connectivity index (χ0) is 39.8. The predicted octanol–water partition coefficient (Wildman–Crippen LogP) is 9.23. The number of rotatable bonds is 3. The third kappa shape index (κ3) is 4.47. The summed E-state index contributed by atoms with van der Waals surface area (Å²) >= 11 is 0. The fourth-order valence-electron chi connectivity index (χ4n) is 10.8. The van der Waals surface area contributed by atoms with Gasteiger partial charge in [-0.15, -0.1) is 0 Å². The molecule has 0 N–H and O–H groups in total. The first-order chi connectivity index (χ1) is 30.3. The first-order valence-corrected chi connectivity index (χ1v) is 20.9. The van der Waals surface area contributed by atoms with Crippen LogP contribution in [0.2, 0.25) is 0 Å². The highest BCUT2D eigenvalue weighted by atomic mass is 16.5. The SMILES string of the molecule is c1ccc2c(c1)Oc1cccc3c1B2c1ccc2c(c1O3)B(c1c(-n3c4ccccc4c4ccccc43)cccc1-n1c3ccccc3c3ccccc31)c1ccccc1O2. The van der Waals surface area contributed by atoms with E-state index in [9.17, 15) is 0 Å². The van der Waals surface area contributed by atoms with Gasteiger partial charge in [0.05, 0.1) is 22.1 Å². The average Bonchev–Trinajstić information content (AvgIpc) is 3.83. The van der Waals surface area contributed by atoms with Gasteiger partial charge in [0.25, 0.3) is 13.4 Å². The molecule has 14 rings (SSSR count). The number of ether oxygens (including phenoxy) is 3. The topological polar surface area (TPSA) is 37.5 Å². The number of hydrogen-bond acceptors (Lipinski definition) is 3. The van der Waals surface area contributed by atoms with Crippen LogP contribution in [0.25, 0.3) is 55.0 Å². The summed E-state index contributed by atoms with van der Waals surface area (Å²) in [6, 6.07) is 69.4. The summed E-state index contributed by atoms with van der Waals surface area (Å²) in [5.74, 6) is 4.94. The van der Waals surface area contributed by atoms with Crippen LogP contribution in [0, 0.1) is 0 Å². The summed E-state index contributed by atoms with van der Waals surface area (Å²) < 4.78 is 25.7. The number of benzene rings is 9. The number of nitrogens with zero attached hydrogens (tertiary/aromatic N) is 2. The van der Waals surface area contributed by atoms with E-state index in [-0.39, 0.29) is 13.4 Å². The third-order valence-corrected chi connectivity index (χ3v) is 13.2. The fourth-order valence-corrected chi connectivity index (χ4v) is 10.8. The van der Waals surface area contributed by atoms with Crippen molar-refractivity contribution >= 4 is 89.8 Å². The zero-order valence-corrected chi connectivity index (χ0v) is 32.7. The Kier molecular flexibility index (Phi) is 6.66. The smallest absolute Gasteiger partial charge is 0.261 e. The van der Waals surface area contributed by atoms with Gasteiger partial charge in [0.1, 0.15) is 34.5 Å². The number of hydrogen-bond donors (Lipinski definition) is 0. The summed E-state index contributed by atoms with van der Waals surface area (Å²) in [7, 11) is 0. The fraction of sp³-hybridized carbons (Fsp3) is 0. The predicted molar refractivity (Wildman–Crippen MR) is 250 cm³/mol. The Morgan fingerprint density at radius 1 is 0.279 bits per heavy atom. The van der Waals surface area contributed by atoms with Crippen LogP contribution in [-0.2, 0) is 0 Å². The number of fused-ring (bicyclic) bond motifs is 13. The van der Waals surface area contributed by atoms with Gasteiger partial charge in [0.15, 0.2) is 0 Å².